The second kappa shape index (κ2) is 6.08. The van der Waals surface area contributed by atoms with Crippen LogP contribution >= 0.6 is 11.6 Å². The van der Waals surface area contributed by atoms with Gasteiger partial charge in [0.15, 0.2) is 0 Å². The Labute approximate surface area is 139 Å². The van der Waals surface area contributed by atoms with Crippen LogP contribution in [0.5, 0.6) is 0 Å². The molecule has 2 aromatic rings. The number of nitrogens with zero attached hydrogens (tertiary/aromatic N) is 2. The zero-order valence-corrected chi connectivity index (χ0v) is 13.9. The Hall–Kier alpha value is -2.27. The molecule has 120 valence electrons. The largest absolute Gasteiger partial charge is 0.342 e. The average molecular weight is 332 g/mol. The molecule has 0 fully saturated rings. The van der Waals surface area contributed by atoms with Gasteiger partial charge in [-0.3, -0.25) is 14.5 Å². The number of carbonyl (C=O) groups is 2. The summed E-state index contributed by atoms with van der Waals surface area (Å²) in [6, 6.07) is 9.15. The minimum atomic E-state index is -0.259. The molecule has 3 rings (SSSR count). The quantitative estimate of drug-likeness (QED) is 0.876. The molecule has 1 aromatic carbocycles. The van der Waals surface area contributed by atoms with Crippen LogP contribution in [-0.4, -0.2) is 22.3 Å². The van der Waals surface area contributed by atoms with Crippen LogP contribution in [-0.2, 0) is 18.3 Å². The Morgan fingerprint density at radius 2 is 2.00 bits per heavy atom. The van der Waals surface area contributed by atoms with E-state index in [1.54, 1.807) is 6.07 Å². The van der Waals surface area contributed by atoms with E-state index in [1.165, 1.54) is 4.90 Å². The first-order chi connectivity index (χ1) is 11.1. The maximum absolute atomic E-state index is 12.7. The molecule has 1 aliphatic heterocycles. The maximum Gasteiger partial charge on any atom is 0.274 e. The zero-order chi connectivity index (χ0) is 16.6. The molecule has 0 unspecified atom stereocenters. The van der Waals surface area contributed by atoms with Gasteiger partial charge in [-0.15, -0.1) is 11.6 Å². The lowest BCUT2D eigenvalue weighted by atomic mass is 10.2. The van der Waals surface area contributed by atoms with Crippen molar-refractivity contribution in [3.8, 4) is 0 Å². The maximum atomic E-state index is 12.7. The predicted molar refractivity (Wildman–Crippen MR) is 91.7 cm³/mol. The number of alkyl halides is 1. The van der Waals surface area contributed by atoms with Gasteiger partial charge in [-0.05, 0) is 24.6 Å². The summed E-state index contributed by atoms with van der Waals surface area (Å²) in [4.78, 5) is 26.7. The number of hydrogen-bond donors (Lipinski definition) is 1. The minimum Gasteiger partial charge on any atom is -0.342 e. The van der Waals surface area contributed by atoms with E-state index in [-0.39, 0.29) is 17.7 Å². The van der Waals surface area contributed by atoms with Crippen LogP contribution in [0.4, 0.5) is 17.1 Å². The van der Waals surface area contributed by atoms with Gasteiger partial charge in [-0.1, -0.05) is 25.5 Å². The van der Waals surface area contributed by atoms with E-state index in [0.29, 0.717) is 22.8 Å². The van der Waals surface area contributed by atoms with Crippen LogP contribution in [0.1, 0.15) is 29.5 Å². The number of para-hydroxylation sites is 2. The van der Waals surface area contributed by atoms with Crippen LogP contribution in [0.15, 0.2) is 30.3 Å². The number of fused-ring (bicyclic) bond motifs is 2. The van der Waals surface area contributed by atoms with Gasteiger partial charge in [-0.2, -0.15) is 0 Å². The average Bonchev–Trinajstić information content (AvgIpc) is 2.79. The van der Waals surface area contributed by atoms with Crippen molar-refractivity contribution >= 4 is 40.5 Å². The molecule has 1 aromatic heterocycles. The van der Waals surface area contributed by atoms with E-state index in [1.807, 2.05) is 35.9 Å². The molecular formula is C17H18ClN3O2. The van der Waals surface area contributed by atoms with Crippen LogP contribution in [0.3, 0.4) is 0 Å². The van der Waals surface area contributed by atoms with E-state index in [0.717, 1.165) is 18.5 Å². The second-order valence-corrected chi connectivity index (χ2v) is 5.78. The number of carbonyl (C=O) groups excluding carboxylic acids is 2. The number of amides is 2. The molecule has 0 saturated carbocycles. The minimum absolute atomic E-state index is 0.153. The third-order valence-corrected chi connectivity index (χ3v) is 4.26. The predicted octanol–water partition coefficient (Wildman–Crippen LogP) is 3.45. The topological polar surface area (TPSA) is 54.3 Å². The fraction of sp³-hybridized carbons (Fsp3) is 0.294. The lowest BCUT2D eigenvalue weighted by molar-refractivity contribution is -0.115. The number of rotatable bonds is 3. The smallest absolute Gasteiger partial charge is 0.274 e. The molecule has 6 heteroatoms. The SMILES string of the molecule is CCCc1cc2c(n1C)C(=O)Nc1ccccc1N2C(=O)CCl. The fourth-order valence-corrected chi connectivity index (χ4v) is 3.11. The first kappa shape index (κ1) is 15.6. The molecule has 0 spiro atoms. The summed E-state index contributed by atoms with van der Waals surface area (Å²) in [6.07, 6.45) is 1.79. The van der Waals surface area contributed by atoms with E-state index in [9.17, 15) is 9.59 Å². The van der Waals surface area contributed by atoms with Gasteiger partial charge in [0.1, 0.15) is 11.6 Å². The van der Waals surface area contributed by atoms with E-state index < -0.39 is 0 Å². The van der Waals surface area contributed by atoms with Crippen LogP contribution < -0.4 is 10.2 Å². The van der Waals surface area contributed by atoms with Crippen molar-refractivity contribution in [2.24, 2.45) is 7.05 Å². The van der Waals surface area contributed by atoms with Gasteiger partial charge >= 0.3 is 0 Å². The summed E-state index contributed by atoms with van der Waals surface area (Å²) >= 11 is 5.81. The Morgan fingerprint density at radius 3 is 2.70 bits per heavy atom. The van der Waals surface area contributed by atoms with Gasteiger partial charge in [0.25, 0.3) is 5.91 Å². The van der Waals surface area contributed by atoms with Crippen molar-refractivity contribution in [2.45, 2.75) is 19.8 Å². The highest BCUT2D eigenvalue weighted by molar-refractivity contribution is 6.31. The normalized spacial score (nSPS) is 13.2. The first-order valence-corrected chi connectivity index (χ1v) is 8.09. The monoisotopic (exact) mass is 331 g/mol. The lowest BCUT2D eigenvalue weighted by Crippen LogP contribution is -2.27. The van der Waals surface area contributed by atoms with Crippen LogP contribution in [0.25, 0.3) is 0 Å². The third kappa shape index (κ3) is 2.51. The summed E-state index contributed by atoms with van der Waals surface area (Å²) in [5.41, 5.74) is 3.31. The molecule has 0 radical (unpaired) electrons. The number of aryl methyl sites for hydroxylation is 1. The standard InChI is InChI=1S/C17H18ClN3O2/c1-3-6-11-9-14-16(20(11)2)17(23)19-12-7-4-5-8-13(12)21(14)15(22)10-18/h4-5,7-9H,3,6,10H2,1-2H3,(H,19,23). The van der Waals surface area contributed by atoms with E-state index in [4.69, 9.17) is 11.6 Å². The molecular weight excluding hydrogens is 314 g/mol. The Balaban J connectivity index is 2.27. The van der Waals surface area contributed by atoms with Crippen molar-refractivity contribution < 1.29 is 9.59 Å². The van der Waals surface area contributed by atoms with Crippen LogP contribution in [0, 0.1) is 0 Å². The molecule has 23 heavy (non-hydrogen) atoms. The lowest BCUT2D eigenvalue weighted by Gasteiger charge is -2.21. The van der Waals surface area contributed by atoms with E-state index in [2.05, 4.69) is 12.2 Å². The first-order valence-electron chi connectivity index (χ1n) is 7.56. The van der Waals surface area contributed by atoms with Crippen molar-refractivity contribution in [2.75, 3.05) is 16.1 Å². The van der Waals surface area contributed by atoms with Crippen molar-refractivity contribution in [3.05, 3.63) is 41.7 Å². The highest BCUT2D eigenvalue weighted by Gasteiger charge is 2.32. The Bertz CT molecular complexity index is 782. The number of aromatic nitrogens is 1. The van der Waals surface area contributed by atoms with Crippen molar-refractivity contribution in [1.82, 2.24) is 4.57 Å². The summed E-state index contributed by atoms with van der Waals surface area (Å²) in [5.74, 6) is -0.632. The van der Waals surface area contributed by atoms with Gasteiger partial charge in [0.2, 0.25) is 5.91 Å². The molecule has 0 bridgehead atoms. The Kier molecular flexibility index (Phi) is 4.13. The van der Waals surface area contributed by atoms with Crippen molar-refractivity contribution in [1.29, 1.82) is 0 Å². The zero-order valence-electron chi connectivity index (χ0n) is 13.1. The molecule has 1 N–H and O–H groups in total. The molecule has 2 heterocycles. The summed E-state index contributed by atoms with van der Waals surface area (Å²) in [7, 11) is 1.85. The van der Waals surface area contributed by atoms with E-state index >= 15 is 0 Å². The second-order valence-electron chi connectivity index (χ2n) is 5.51. The summed E-state index contributed by atoms with van der Waals surface area (Å²) in [5, 5.41) is 2.89. The van der Waals surface area contributed by atoms with Gasteiger partial charge < -0.3 is 9.88 Å². The van der Waals surface area contributed by atoms with Crippen molar-refractivity contribution in [3.63, 3.8) is 0 Å². The summed E-state index contributed by atoms with van der Waals surface area (Å²) < 4.78 is 1.86. The third-order valence-electron chi connectivity index (χ3n) is 4.03. The van der Waals surface area contributed by atoms with Gasteiger partial charge in [-0.25, -0.2) is 0 Å². The summed E-state index contributed by atoms with van der Waals surface area (Å²) in [6.45, 7) is 2.08. The highest BCUT2D eigenvalue weighted by atomic mass is 35.5. The number of halogens is 1. The number of benzene rings is 1. The van der Waals surface area contributed by atoms with Crippen LogP contribution in [0.2, 0.25) is 0 Å². The number of anilines is 3. The molecule has 0 saturated heterocycles. The molecule has 1 aliphatic rings. The van der Waals surface area contributed by atoms with Gasteiger partial charge in [0.05, 0.1) is 17.1 Å². The van der Waals surface area contributed by atoms with Gasteiger partial charge in [0, 0.05) is 12.7 Å². The molecule has 2 amide bonds. The molecule has 5 nitrogen and oxygen atoms in total. The Morgan fingerprint density at radius 1 is 1.26 bits per heavy atom. The number of hydrogen-bond acceptors (Lipinski definition) is 2. The number of nitrogens with one attached hydrogen (secondary N) is 1. The molecule has 0 atom stereocenters. The fourth-order valence-electron chi connectivity index (χ4n) is 2.99. The highest BCUT2D eigenvalue weighted by Crippen LogP contribution is 2.39. The molecule has 0 aliphatic carbocycles.